The summed E-state index contributed by atoms with van der Waals surface area (Å²) in [5, 5.41) is 13.7. The summed E-state index contributed by atoms with van der Waals surface area (Å²) in [6.45, 7) is 1.54. The fraction of sp³-hybridized carbons (Fsp3) is 0.167. The van der Waals surface area contributed by atoms with E-state index in [0.717, 1.165) is 17.7 Å². The number of carbonyl (C=O) groups is 1. The van der Waals surface area contributed by atoms with Gasteiger partial charge in [0.25, 0.3) is 0 Å². The number of nitrogens with zero attached hydrogens (tertiary/aromatic N) is 1. The Morgan fingerprint density at radius 2 is 1.62 bits per heavy atom. The molecule has 0 amide bonds. The van der Waals surface area contributed by atoms with Crippen molar-refractivity contribution >= 4 is 11.5 Å². The van der Waals surface area contributed by atoms with Crippen molar-refractivity contribution in [2.24, 2.45) is 5.16 Å². The number of carbonyl (C=O) groups excluding carboxylic acids is 1. The van der Waals surface area contributed by atoms with Crippen molar-refractivity contribution in [1.29, 1.82) is 0 Å². The van der Waals surface area contributed by atoms with Gasteiger partial charge in [-0.1, -0.05) is 29.4 Å². The van der Waals surface area contributed by atoms with Gasteiger partial charge in [0.15, 0.2) is 6.61 Å². The van der Waals surface area contributed by atoms with E-state index in [4.69, 9.17) is 9.57 Å². The summed E-state index contributed by atoms with van der Waals surface area (Å²) in [4.78, 5) is 17.4. The third-order valence-electron chi connectivity index (χ3n) is 4.56. The topological polar surface area (TPSA) is 68.1 Å². The molecule has 0 saturated heterocycles. The first-order valence-corrected chi connectivity index (χ1v) is 9.61. The minimum absolute atomic E-state index is 0.0329. The summed E-state index contributed by atoms with van der Waals surface area (Å²) in [6, 6.07) is 17.7. The number of para-hydroxylation sites is 1. The first kappa shape index (κ1) is 22.9. The van der Waals surface area contributed by atoms with Gasteiger partial charge in [0.05, 0.1) is 16.8 Å². The Kier molecular flexibility index (Phi) is 7.14. The van der Waals surface area contributed by atoms with Gasteiger partial charge in [-0.3, -0.25) is 4.79 Å². The lowest BCUT2D eigenvalue weighted by Crippen LogP contribution is -2.11. The lowest BCUT2D eigenvalue weighted by Gasteiger charge is -2.08. The van der Waals surface area contributed by atoms with Crippen LogP contribution in [-0.2, 0) is 17.6 Å². The van der Waals surface area contributed by atoms with Crippen LogP contribution >= 0.6 is 0 Å². The standard InChI is InChI=1S/C24H20F3NO4/c1-16(28-32-14-17-6-10-19(11-7-17)24(25,26)27)18-8-12-20(13-9-18)31-15-23(30)21-4-2-3-5-22(21)29/h2-13,29H,14-15H2,1H3. The van der Waals surface area contributed by atoms with Gasteiger partial charge >= 0.3 is 6.18 Å². The fourth-order valence-electron chi connectivity index (χ4n) is 2.77. The average molecular weight is 443 g/mol. The maximum absolute atomic E-state index is 12.6. The van der Waals surface area contributed by atoms with Crippen LogP contribution in [0.2, 0.25) is 0 Å². The lowest BCUT2D eigenvalue weighted by molar-refractivity contribution is -0.137. The largest absolute Gasteiger partial charge is 0.507 e. The quantitative estimate of drug-likeness (QED) is 0.279. The predicted octanol–water partition coefficient (Wildman–Crippen LogP) is 5.61. The number of hydrogen-bond acceptors (Lipinski definition) is 5. The van der Waals surface area contributed by atoms with Crippen LogP contribution in [0.1, 0.15) is 34.0 Å². The zero-order valence-electron chi connectivity index (χ0n) is 17.1. The molecule has 1 N–H and O–H groups in total. The van der Waals surface area contributed by atoms with Gasteiger partial charge in [0.2, 0.25) is 5.78 Å². The average Bonchev–Trinajstić information content (AvgIpc) is 2.78. The molecule has 0 fully saturated rings. The molecule has 0 aliphatic carbocycles. The fourth-order valence-corrected chi connectivity index (χ4v) is 2.77. The molecule has 3 aromatic rings. The van der Waals surface area contributed by atoms with E-state index in [-0.39, 0.29) is 30.3 Å². The number of alkyl halides is 3. The highest BCUT2D eigenvalue weighted by atomic mass is 19.4. The number of aromatic hydroxyl groups is 1. The monoisotopic (exact) mass is 443 g/mol. The van der Waals surface area contributed by atoms with Crippen LogP contribution < -0.4 is 4.74 Å². The number of benzene rings is 3. The second kappa shape index (κ2) is 10.00. The first-order valence-electron chi connectivity index (χ1n) is 9.61. The minimum Gasteiger partial charge on any atom is -0.507 e. The van der Waals surface area contributed by atoms with Crippen LogP contribution in [0, 0.1) is 0 Å². The second-order valence-corrected chi connectivity index (χ2v) is 6.90. The highest BCUT2D eigenvalue weighted by Crippen LogP contribution is 2.29. The molecule has 0 aliphatic rings. The molecule has 166 valence electrons. The molecule has 0 bridgehead atoms. The van der Waals surface area contributed by atoms with Crippen LogP contribution in [0.4, 0.5) is 13.2 Å². The molecule has 32 heavy (non-hydrogen) atoms. The van der Waals surface area contributed by atoms with Crippen molar-refractivity contribution in [3.8, 4) is 11.5 Å². The zero-order valence-corrected chi connectivity index (χ0v) is 17.1. The Morgan fingerprint density at radius 1 is 0.969 bits per heavy atom. The number of Topliss-reactive ketones (excluding diaryl/α,β-unsaturated/α-hetero) is 1. The van der Waals surface area contributed by atoms with E-state index in [2.05, 4.69) is 5.16 Å². The summed E-state index contributed by atoms with van der Waals surface area (Å²) in [6.07, 6.45) is -4.37. The van der Waals surface area contributed by atoms with E-state index in [1.165, 1.54) is 24.3 Å². The molecule has 0 unspecified atom stereocenters. The molecule has 0 atom stereocenters. The van der Waals surface area contributed by atoms with Crippen LogP contribution in [0.5, 0.6) is 11.5 Å². The Labute approximate surface area is 182 Å². The minimum atomic E-state index is -4.37. The number of ether oxygens (including phenoxy) is 1. The van der Waals surface area contributed by atoms with E-state index < -0.39 is 11.7 Å². The maximum Gasteiger partial charge on any atom is 0.416 e. The Morgan fingerprint density at radius 3 is 2.25 bits per heavy atom. The summed E-state index contributed by atoms with van der Waals surface area (Å²) in [7, 11) is 0. The van der Waals surface area contributed by atoms with Crippen LogP contribution in [0.15, 0.2) is 78.0 Å². The van der Waals surface area contributed by atoms with Gasteiger partial charge in [-0.2, -0.15) is 13.2 Å². The van der Waals surface area contributed by atoms with Crippen molar-refractivity contribution < 1.29 is 32.6 Å². The van der Waals surface area contributed by atoms with Crippen molar-refractivity contribution in [3.63, 3.8) is 0 Å². The third kappa shape index (κ3) is 6.10. The molecule has 3 aromatic carbocycles. The van der Waals surface area contributed by atoms with Crippen LogP contribution in [0.3, 0.4) is 0 Å². The number of rotatable bonds is 8. The molecule has 0 heterocycles. The number of hydrogen-bond donors (Lipinski definition) is 1. The van der Waals surface area contributed by atoms with E-state index in [9.17, 15) is 23.1 Å². The predicted molar refractivity (Wildman–Crippen MR) is 113 cm³/mol. The van der Waals surface area contributed by atoms with Crippen LogP contribution in [-0.4, -0.2) is 23.2 Å². The molecule has 0 radical (unpaired) electrons. The van der Waals surface area contributed by atoms with Crippen molar-refractivity contribution in [1.82, 2.24) is 0 Å². The van der Waals surface area contributed by atoms with Crippen molar-refractivity contribution in [2.75, 3.05) is 6.61 Å². The summed E-state index contributed by atoms with van der Waals surface area (Å²) < 4.78 is 43.2. The van der Waals surface area contributed by atoms with E-state index in [0.29, 0.717) is 17.0 Å². The molecule has 5 nitrogen and oxygen atoms in total. The third-order valence-corrected chi connectivity index (χ3v) is 4.56. The zero-order chi connectivity index (χ0) is 23.1. The van der Waals surface area contributed by atoms with Gasteiger partial charge in [-0.05, 0) is 66.6 Å². The van der Waals surface area contributed by atoms with Gasteiger partial charge in [0, 0.05) is 0 Å². The SMILES string of the molecule is CC(=NOCc1ccc(C(F)(F)F)cc1)c1ccc(OCC(=O)c2ccccc2O)cc1. The number of phenolic OH excluding ortho intramolecular Hbond substituents is 1. The summed E-state index contributed by atoms with van der Waals surface area (Å²) in [5.74, 6) is 0.0251. The van der Waals surface area contributed by atoms with Gasteiger partial charge in [-0.25, -0.2) is 0 Å². The van der Waals surface area contributed by atoms with E-state index >= 15 is 0 Å². The van der Waals surface area contributed by atoms with Gasteiger partial charge < -0.3 is 14.7 Å². The molecule has 8 heteroatoms. The van der Waals surface area contributed by atoms with Gasteiger partial charge in [-0.15, -0.1) is 0 Å². The number of ketones is 1. The highest BCUT2D eigenvalue weighted by molar-refractivity contribution is 6.00. The molecular weight excluding hydrogens is 423 g/mol. The Hall–Kier alpha value is -3.81. The van der Waals surface area contributed by atoms with Crippen molar-refractivity contribution in [3.05, 3.63) is 95.1 Å². The second-order valence-electron chi connectivity index (χ2n) is 6.90. The highest BCUT2D eigenvalue weighted by Gasteiger charge is 2.29. The van der Waals surface area contributed by atoms with Crippen LogP contribution in [0.25, 0.3) is 0 Å². The van der Waals surface area contributed by atoms with Gasteiger partial charge in [0.1, 0.15) is 18.1 Å². The molecule has 0 spiro atoms. The number of halogens is 3. The summed E-state index contributed by atoms with van der Waals surface area (Å²) >= 11 is 0. The Balaban J connectivity index is 1.52. The molecule has 3 rings (SSSR count). The number of oxime groups is 1. The number of phenols is 1. The maximum atomic E-state index is 12.6. The van der Waals surface area contributed by atoms with Crippen molar-refractivity contribution in [2.45, 2.75) is 19.7 Å². The first-order chi connectivity index (χ1) is 15.2. The van der Waals surface area contributed by atoms with E-state index in [1.54, 1.807) is 43.3 Å². The summed E-state index contributed by atoms with van der Waals surface area (Å²) in [5.41, 5.74) is 1.35. The van der Waals surface area contributed by atoms with E-state index in [1.807, 2.05) is 0 Å². The molecule has 0 saturated carbocycles. The molecule has 0 aromatic heterocycles. The molecular formula is C24H20F3NO4. The normalized spacial score (nSPS) is 11.8. The smallest absolute Gasteiger partial charge is 0.416 e. The lowest BCUT2D eigenvalue weighted by atomic mass is 10.1. The molecule has 0 aliphatic heterocycles. The Bertz CT molecular complexity index is 1090.